The molecule has 0 fully saturated rings. The third kappa shape index (κ3) is 2.83. The first kappa shape index (κ1) is 12.9. The van der Waals surface area contributed by atoms with Gasteiger partial charge in [0.05, 0.1) is 10.7 Å². The van der Waals surface area contributed by atoms with Crippen molar-refractivity contribution in [3.8, 4) is 0 Å². The van der Waals surface area contributed by atoms with Crippen molar-refractivity contribution in [3.05, 3.63) is 50.7 Å². The van der Waals surface area contributed by atoms with E-state index < -0.39 is 0 Å². The molecule has 5 heteroatoms. The van der Waals surface area contributed by atoms with Crippen LogP contribution in [0.3, 0.4) is 0 Å². The van der Waals surface area contributed by atoms with E-state index in [2.05, 4.69) is 10.7 Å². The molecule has 0 radical (unpaired) electrons. The molecule has 0 saturated carbocycles. The third-order valence-electron chi connectivity index (χ3n) is 2.66. The van der Waals surface area contributed by atoms with Crippen molar-refractivity contribution in [1.82, 2.24) is 5.32 Å². The van der Waals surface area contributed by atoms with E-state index in [0.29, 0.717) is 22.8 Å². The maximum Gasteiger partial charge on any atom is 0.251 e. The molecule has 2 rings (SSSR count). The number of benzene rings is 1. The lowest BCUT2D eigenvalue weighted by Gasteiger charge is -2.06. The summed E-state index contributed by atoms with van der Waals surface area (Å²) in [6.45, 7) is 2.55. The second kappa shape index (κ2) is 5.42. The highest BCUT2D eigenvalue weighted by atomic mass is 35.5. The molecular formula is C13H13ClN2OS. The van der Waals surface area contributed by atoms with Gasteiger partial charge in [-0.1, -0.05) is 11.6 Å². The Hall–Kier alpha value is -1.52. The largest absolute Gasteiger partial charge is 0.398 e. The number of nitrogen functional groups attached to an aromatic ring is 1. The lowest BCUT2D eigenvalue weighted by molar-refractivity contribution is 0.0951. The van der Waals surface area contributed by atoms with Crippen molar-refractivity contribution in [3.63, 3.8) is 0 Å². The maximum absolute atomic E-state index is 11.9. The number of thiophene rings is 1. The number of carbonyl (C=O) groups excluding carboxylic acids is 1. The molecule has 0 unspecified atom stereocenters. The average Bonchev–Trinajstić information content (AvgIpc) is 2.75. The first-order chi connectivity index (χ1) is 8.58. The number of carbonyl (C=O) groups is 1. The molecule has 3 N–H and O–H groups in total. The number of hydrogen-bond acceptors (Lipinski definition) is 3. The van der Waals surface area contributed by atoms with E-state index in [-0.39, 0.29) is 5.91 Å². The van der Waals surface area contributed by atoms with Crippen LogP contribution in [0.2, 0.25) is 5.02 Å². The minimum atomic E-state index is -0.149. The smallest absolute Gasteiger partial charge is 0.251 e. The first-order valence-corrected chi connectivity index (χ1v) is 6.75. The highest BCUT2D eigenvalue weighted by molar-refractivity contribution is 7.08. The van der Waals surface area contributed by atoms with Gasteiger partial charge in [-0.05, 0) is 47.0 Å². The van der Waals surface area contributed by atoms with E-state index in [1.807, 2.05) is 12.3 Å². The Morgan fingerprint density at radius 3 is 2.83 bits per heavy atom. The molecule has 0 aliphatic carbocycles. The van der Waals surface area contributed by atoms with Crippen molar-refractivity contribution in [2.45, 2.75) is 13.5 Å². The van der Waals surface area contributed by atoms with E-state index in [1.54, 1.807) is 29.5 Å². The van der Waals surface area contributed by atoms with Crippen LogP contribution >= 0.6 is 22.9 Å². The van der Waals surface area contributed by atoms with Crippen molar-refractivity contribution in [2.75, 3.05) is 5.73 Å². The number of amides is 1. The second-order valence-corrected chi connectivity index (χ2v) is 5.15. The Morgan fingerprint density at radius 1 is 1.44 bits per heavy atom. The van der Waals surface area contributed by atoms with Gasteiger partial charge in [-0.25, -0.2) is 0 Å². The van der Waals surface area contributed by atoms with Crippen LogP contribution < -0.4 is 11.1 Å². The number of nitrogens with two attached hydrogens (primary N) is 1. The molecule has 0 bridgehead atoms. The molecule has 94 valence electrons. The van der Waals surface area contributed by atoms with Crippen LogP contribution in [0.15, 0.2) is 29.0 Å². The van der Waals surface area contributed by atoms with E-state index in [0.717, 1.165) is 5.56 Å². The van der Waals surface area contributed by atoms with E-state index in [4.69, 9.17) is 17.3 Å². The van der Waals surface area contributed by atoms with Gasteiger partial charge in [-0.2, -0.15) is 11.3 Å². The van der Waals surface area contributed by atoms with Crippen LogP contribution in [0.4, 0.5) is 5.69 Å². The van der Waals surface area contributed by atoms with Gasteiger partial charge in [0, 0.05) is 12.1 Å². The summed E-state index contributed by atoms with van der Waals surface area (Å²) < 4.78 is 0. The topological polar surface area (TPSA) is 55.1 Å². The number of halogens is 1. The Balaban J connectivity index is 2.04. The minimum absolute atomic E-state index is 0.149. The number of nitrogens with one attached hydrogen (secondary N) is 1. The highest BCUT2D eigenvalue weighted by Crippen LogP contribution is 2.19. The van der Waals surface area contributed by atoms with E-state index >= 15 is 0 Å². The molecule has 0 aliphatic heterocycles. The molecule has 1 heterocycles. The fraction of sp³-hybridized carbons (Fsp3) is 0.154. The van der Waals surface area contributed by atoms with Crippen molar-refractivity contribution in [2.24, 2.45) is 0 Å². The van der Waals surface area contributed by atoms with Gasteiger partial charge < -0.3 is 11.1 Å². The molecular weight excluding hydrogens is 268 g/mol. The van der Waals surface area contributed by atoms with E-state index in [1.165, 1.54) is 5.56 Å². The number of hydrogen-bond donors (Lipinski definition) is 2. The lowest BCUT2D eigenvalue weighted by atomic mass is 10.1. The summed E-state index contributed by atoms with van der Waals surface area (Å²) in [5.41, 5.74) is 8.92. The zero-order chi connectivity index (χ0) is 13.1. The molecule has 0 spiro atoms. The molecule has 1 amide bonds. The summed E-state index contributed by atoms with van der Waals surface area (Å²) >= 11 is 7.44. The fourth-order valence-corrected chi connectivity index (χ4v) is 2.51. The first-order valence-electron chi connectivity index (χ1n) is 5.43. The SMILES string of the molecule is Cc1cscc1CNC(=O)c1ccc(Cl)c(N)c1. The van der Waals surface area contributed by atoms with Crippen molar-refractivity contribution < 1.29 is 4.79 Å². The normalized spacial score (nSPS) is 10.3. The second-order valence-electron chi connectivity index (χ2n) is 4.00. The Kier molecular flexibility index (Phi) is 3.89. The molecule has 1 aromatic heterocycles. The number of aryl methyl sites for hydroxylation is 1. The van der Waals surface area contributed by atoms with Gasteiger partial charge in [-0.15, -0.1) is 0 Å². The zero-order valence-corrected chi connectivity index (χ0v) is 11.4. The average molecular weight is 281 g/mol. The van der Waals surface area contributed by atoms with Gasteiger partial charge >= 0.3 is 0 Å². The summed E-state index contributed by atoms with van der Waals surface area (Å²) in [6.07, 6.45) is 0. The predicted molar refractivity (Wildman–Crippen MR) is 76.1 cm³/mol. The van der Waals surface area contributed by atoms with Crippen LogP contribution in [0.1, 0.15) is 21.5 Å². The van der Waals surface area contributed by atoms with Crippen molar-refractivity contribution in [1.29, 1.82) is 0 Å². The molecule has 18 heavy (non-hydrogen) atoms. The lowest BCUT2D eigenvalue weighted by Crippen LogP contribution is -2.22. The molecule has 2 aromatic rings. The van der Waals surface area contributed by atoms with Crippen LogP contribution in [-0.4, -0.2) is 5.91 Å². The highest BCUT2D eigenvalue weighted by Gasteiger charge is 2.08. The molecule has 0 aliphatic rings. The summed E-state index contributed by atoms with van der Waals surface area (Å²) in [7, 11) is 0. The summed E-state index contributed by atoms with van der Waals surface area (Å²) in [4.78, 5) is 11.9. The Labute approximate surface area is 115 Å². The Bertz CT molecular complexity index is 580. The third-order valence-corrected chi connectivity index (χ3v) is 3.91. The van der Waals surface area contributed by atoms with Crippen LogP contribution in [0.25, 0.3) is 0 Å². The summed E-state index contributed by atoms with van der Waals surface area (Å²) in [5.74, 6) is -0.149. The molecule has 0 atom stereocenters. The predicted octanol–water partition coefficient (Wildman–Crippen LogP) is 3.22. The van der Waals surface area contributed by atoms with Crippen LogP contribution in [-0.2, 0) is 6.54 Å². The zero-order valence-electron chi connectivity index (χ0n) is 9.87. The Morgan fingerprint density at radius 2 is 2.22 bits per heavy atom. The van der Waals surface area contributed by atoms with Gasteiger partial charge in [0.2, 0.25) is 0 Å². The van der Waals surface area contributed by atoms with Crippen LogP contribution in [0.5, 0.6) is 0 Å². The monoisotopic (exact) mass is 280 g/mol. The molecule has 3 nitrogen and oxygen atoms in total. The fourth-order valence-electron chi connectivity index (χ4n) is 1.53. The van der Waals surface area contributed by atoms with Gasteiger partial charge in [0.25, 0.3) is 5.91 Å². The molecule has 1 aromatic carbocycles. The van der Waals surface area contributed by atoms with E-state index in [9.17, 15) is 4.79 Å². The summed E-state index contributed by atoms with van der Waals surface area (Å²) in [5, 5.41) is 7.41. The van der Waals surface area contributed by atoms with Gasteiger partial charge in [-0.3, -0.25) is 4.79 Å². The standard InChI is InChI=1S/C13H13ClN2OS/c1-8-6-18-7-10(8)5-16-13(17)9-2-3-11(14)12(15)4-9/h2-4,6-7H,5,15H2,1H3,(H,16,17). The maximum atomic E-state index is 11.9. The van der Waals surface area contributed by atoms with Gasteiger partial charge in [0.15, 0.2) is 0 Å². The minimum Gasteiger partial charge on any atom is -0.398 e. The van der Waals surface area contributed by atoms with Crippen molar-refractivity contribution >= 4 is 34.5 Å². The number of rotatable bonds is 3. The van der Waals surface area contributed by atoms with Crippen LogP contribution in [0, 0.1) is 6.92 Å². The quantitative estimate of drug-likeness (QED) is 0.848. The number of anilines is 1. The van der Waals surface area contributed by atoms with Gasteiger partial charge in [0.1, 0.15) is 0 Å². The molecule has 0 saturated heterocycles. The summed E-state index contributed by atoms with van der Waals surface area (Å²) in [6, 6.07) is 4.87.